The van der Waals surface area contributed by atoms with Crippen LogP contribution < -0.4 is 10.6 Å². The third-order valence-corrected chi connectivity index (χ3v) is 3.51. The highest BCUT2D eigenvalue weighted by Crippen LogP contribution is 2.36. The van der Waals surface area contributed by atoms with Crippen LogP contribution >= 0.6 is 11.6 Å². The Hall–Kier alpha value is -1.85. The second kappa shape index (κ2) is 4.36. The molecule has 0 bridgehead atoms. The summed E-state index contributed by atoms with van der Waals surface area (Å²) >= 11 is 6.29. The number of likely N-dealkylation sites (N-methyl/N-ethyl adjacent to an activating group) is 1. The number of carbonyl (C=O) groups excluding carboxylic acids is 1. The molecule has 0 saturated carbocycles. The van der Waals surface area contributed by atoms with Gasteiger partial charge in [-0.05, 0) is 32.2 Å². The molecule has 2 heterocycles. The van der Waals surface area contributed by atoms with Crippen LogP contribution in [0, 0.1) is 6.92 Å². The number of nitrogens with one attached hydrogen (secondary N) is 2. The molecule has 2 N–H and O–H groups in total. The third kappa shape index (κ3) is 1.91. The van der Waals surface area contributed by atoms with E-state index in [4.69, 9.17) is 11.6 Å². The number of benzene rings is 1. The van der Waals surface area contributed by atoms with Crippen LogP contribution in [0.2, 0.25) is 5.02 Å². The molecular formula is C13H13ClN4O. The lowest BCUT2D eigenvalue weighted by Gasteiger charge is -2.10. The van der Waals surface area contributed by atoms with E-state index in [1.54, 1.807) is 11.7 Å². The topological polar surface area (TPSA) is 59.0 Å². The molecular weight excluding hydrogens is 264 g/mol. The normalized spacial score (nSPS) is 17.4. The summed E-state index contributed by atoms with van der Waals surface area (Å²) in [7, 11) is 1.75. The van der Waals surface area contributed by atoms with Crippen LogP contribution in [-0.2, 0) is 4.79 Å². The number of halogens is 1. The number of rotatable bonds is 2. The first-order valence-electron chi connectivity index (χ1n) is 5.94. The van der Waals surface area contributed by atoms with Crippen molar-refractivity contribution in [2.45, 2.75) is 13.0 Å². The van der Waals surface area contributed by atoms with Crippen molar-refractivity contribution in [3.8, 4) is 5.69 Å². The molecule has 98 valence electrons. The molecule has 0 fully saturated rings. The predicted molar refractivity (Wildman–Crippen MR) is 73.7 cm³/mol. The van der Waals surface area contributed by atoms with Crippen LogP contribution in [-0.4, -0.2) is 22.7 Å². The lowest BCUT2D eigenvalue weighted by atomic mass is 10.1. The maximum absolute atomic E-state index is 11.8. The van der Waals surface area contributed by atoms with Crippen molar-refractivity contribution in [2.75, 3.05) is 12.4 Å². The Labute approximate surface area is 115 Å². The standard InChI is InChI=1S/C13H13ClN4O/c1-7-3-4-18(17-7)11-6-10-8(5-9(11)14)12(15-2)13(19)16-10/h3-6,12,15H,1-2H3,(H,16,19). The van der Waals surface area contributed by atoms with Gasteiger partial charge in [0.15, 0.2) is 0 Å². The molecule has 1 aromatic heterocycles. The Balaban J connectivity index is 2.12. The minimum Gasteiger partial charge on any atom is -0.324 e. The van der Waals surface area contributed by atoms with Crippen molar-refractivity contribution in [3.63, 3.8) is 0 Å². The van der Waals surface area contributed by atoms with Crippen molar-refractivity contribution in [3.05, 3.63) is 40.7 Å². The highest BCUT2D eigenvalue weighted by molar-refractivity contribution is 6.32. The fraction of sp³-hybridized carbons (Fsp3) is 0.231. The van der Waals surface area contributed by atoms with Gasteiger partial charge in [-0.25, -0.2) is 4.68 Å². The van der Waals surface area contributed by atoms with Gasteiger partial charge in [0.05, 0.1) is 16.4 Å². The summed E-state index contributed by atoms with van der Waals surface area (Å²) in [6.45, 7) is 1.91. The molecule has 0 saturated heterocycles. The van der Waals surface area contributed by atoms with Crippen LogP contribution in [0.4, 0.5) is 5.69 Å². The van der Waals surface area contributed by atoms with Gasteiger partial charge < -0.3 is 10.6 Å². The van der Waals surface area contributed by atoms with Gasteiger partial charge in [0, 0.05) is 17.4 Å². The summed E-state index contributed by atoms with van der Waals surface area (Å²) in [4.78, 5) is 11.8. The first-order valence-corrected chi connectivity index (χ1v) is 6.32. The summed E-state index contributed by atoms with van der Waals surface area (Å²) in [5, 5.41) is 10.7. The molecule has 1 atom stereocenters. The summed E-state index contributed by atoms with van der Waals surface area (Å²) in [5.41, 5.74) is 3.31. The lowest BCUT2D eigenvalue weighted by Crippen LogP contribution is -2.23. The number of hydrogen-bond acceptors (Lipinski definition) is 3. The molecule has 0 spiro atoms. The van der Waals surface area contributed by atoms with Crippen molar-refractivity contribution < 1.29 is 4.79 Å². The second-order valence-electron chi connectivity index (χ2n) is 4.50. The minimum atomic E-state index is -0.346. The van der Waals surface area contributed by atoms with Gasteiger partial charge in [-0.1, -0.05) is 11.6 Å². The van der Waals surface area contributed by atoms with E-state index in [-0.39, 0.29) is 11.9 Å². The molecule has 0 radical (unpaired) electrons. The van der Waals surface area contributed by atoms with Crippen molar-refractivity contribution in [2.24, 2.45) is 0 Å². The van der Waals surface area contributed by atoms with Crippen LogP contribution in [0.5, 0.6) is 0 Å². The van der Waals surface area contributed by atoms with Gasteiger partial charge in [0.2, 0.25) is 5.91 Å². The van der Waals surface area contributed by atoms with E-state index in [2.05, 4.69) is 15.7 Å². The Morgan fingerprint density at radius 3 is 2.89 bits per heavy atom. The van der Waals surface area contributed by atoms with Gasteiger partial charge in [0.1, 0.15) is 6.04 Å². The third-order valence-electron chi connectivity index (χ3n) is 3.21. The molecule has 3 rings (SSSR count). The number of anilines is 1. The van der Waals surface area contributed by atoms with E-state index in [9.17, 15) is 4.79 Å². The van der Waals surface area contributed by atoms with Gasteiger partial charge >= 0.3 is 0 Å². The highest BCUT2D eigenvalue weighted by Gasteiger charge is 2.30. The molecule has 1 amide bonds. The molecule has 2 aromatic rings. The average molecular weight is 277 g/mol. The second-order valence-corrected chi connectivity index (χ2v) is 4.91. The monoisotopic (exact) mass is 276 g/mol. The number of hydrogen-bond donors (Lipinski definition) is 2. The fourth-order valence-corrected chi connectivity index (χ4v) is 2.54. The summed E-state index contributed by atoms with van der Waals surface area (Å²) in [6, 6.07) is 5.21. The minimum absolute atomic E-state index is 0.0673. The Morgan fingerprint density at radius 1 is 1.47 bits per heavy atom. The molecule has 1 aliphatic rings. The summed E-state index contributed by atoms with van der Waals surface area (Å²) in [5.74, 6) is -0.0673. The van der Waals surface area contributed by atoms with E-state index in [0.717, 1.165) is 22.6 Å². The van der Waals surface area contributed by atoms with Crippen LogP contribution in [0.1, 0.15) is 17.3 Å². The van der Waals surface area contributed by atoms with E-state index in [1.165, 1.54) is 0 Å². The first-order chi connectivity index (χ1) is 9.10. The molecule has 0 aliphatic carbocycles. The van der Waals surface area contributed by atoms with E-state index >= 15 is 0 Å². The van der Waals surface area contributed by atoms with Crippen LogP contribution in [0.25, 0.3) is 5.69 Å². The molecule has 19 heavy (non-hydrogen) atoms. The molecule has 1 unspecified atom stereocenters. The van der Waals surface area contributed by atoms with Crippen LogP contribution in [0.15, 0.2) is 24.4 Å². The summed E-state index contributed by atoms with van der Waals surface area (Å²) < 4.78 is 1.71. The highest BCUT2D eigenvalue weighted by atomic mass is 35.5. The number of aromatic nitrogens is 2. The van der Waals surface area contributed by atoms with Crippen molar-refractivity contribution in [1.82, 2.24) is 15.1 Å². The van der Waals surface area contributed by atoms with Crippen LogP contribution in [0.3, 0.4) is 0 Å². The quantitative estimate of drug-likeness (QED) is 0.883. The van der Waals surface area contributed by atoms with Crippen molar-refractivity contribution >= 4 is 23.2 Å². The summed E-state index contributed by atoms with van der Waals surface area (Å²) in [6.07, 6.45) is 1.84. The van der Waals surface area contributed by atoms with Gasteiger partial charge in [-0.3, -0.25) is 4.79 Å². The Morgan fingerprint density at radius 2 is 2.26 bits per heavy atom. The maximum Gasteiger partial charge on any atom is 0.246 e. The number of fused-ring (bicyclic) bond motifs is 1. The number of carbonyl (C=O) groups is 1. The number of amides is 1. The molecule has 6 heteroatoms. The number of aryl methyl sites for hydroxylation is 1. The Bertz CT molecular complexity index is 665. The maximum atomic E-state index is 11.8. The molecule has 1 aliphatic heterocycles. The van der Waals surface area contributed by atoms with Gasteiger partial charge in [-0.15, -0.1) is 0 Å². The fourth-order valence-electron chi connectivity index (χ4n) is 2.28. The van der Waals surface area contributed by atoms with Gasteiger partial charge in [0.25, 0.3) is 0 Å². The van der Waals surface area contributed by atoms with Crippen molar-refractivity contribution in [1.29, 1.82) is 0 Å². The molecule has 1 aromatic carbocycles. The number of nitrogens with zero attached hydrogens (tertiary/aromatic N) is 2. The largest absolute Gasteiger partial charge is 0.324 e. The Kier molecular flexibility index (Phi) is 2.80. The molecule has 5 nitrogen and oxygen atoms in total. The first kappa shape index (κ1) is 12.2. The van der Waals surface area contributed by atoms with E-state index in [1.807, 2.05) is 31.3 Å². The zero-order chi connectivity index (χ0) is 13.6. The van der Waals surface area contributed by atoms with E-state index < -0.39 is 0 Å². The zero-order valence-corrected chi connectivity index (χ0v) is 11.3. The lowest BCUT2D eigenvalue weighted by molar-refractivity contribution is -0.117. The van der Waals surface area contributed by atoms with E-state index in [0.29, 0.717) is 5.02 Å². The average Bonchev–Trinajstić information content (AvgIpc) is 2.91. The van der Waals surface area contributed by atoms with Gasteiger partial charge in [-0.2, -0.15) is 5.10 Å². The zero-order valence-electron chi connectivity index (χ0n) is 10.6. The predicted octanol–water partition coefficient (Wildman–Crippen LogP) is 2.05. The SMILES string of the molecule is CNC1C(=O)Nc2cc(-n3ccc(C)n3)c(Cl)cc21. The smallest absolute Gasteiger partial charge is 0.246 e.